The fourth-order valence-electron chi connectivity index (χ4n) is 2.11. The maximum atomic E-state index is 12.3. The number of hydrogen-bond donors (Lipinski definition) is 2. The summed E-state index contributed by atoms with van der Waals surface area (Å²) in [6.07, 6.45) is 0.109. The third-order valence-corrected chi connectivity index (χ3v) is 5.30. The van der Waals surface area contributed by atoms with Gasteiger partial charge in [-0.15, -0.1) is 0 Å². The van der Waals surface area contributed by atoms with Crippen molar-refractivity contribution in [2.24, 2.45) is 4.99 Å². The molecule has 2 N–H and O–H groups in total. The molecule has 1 heterocycles. The second-order valence-electron chi connectivity index (χ2n) is 5.41. The van der Waals surface area contributed by atoms with Gasteiger partial charge < -0.3 is 13.6 Å². The first kappa shape index (κ1) is 19.1. The number of rotatable bonds is 5. The maximum absolute atomic E-state index is 12.3. The number of carbonyl (C=O) groups excluding carboxylic acids is 1. The molecule has 27 heavy (non-hydrogen) atoms. The molecule has 0 atom stereocenters. The molecule has 0 spiro atoms. The van der Waals surface area contributed by atoms with Crippen LogP contribution in [0.1, 0.15) is 13.3 Å². The lowest BCUT2D eigenvalue weighted by Crippen LogP contribution is -2.30. The normalized spacial score (nSPS) is 13.0. The smallest absolute Gasteiger partial charge is 0.413 e. The molecule has 2 aromatic rings. The average Bonchev–Trinajstić information content (AvgIpc) is 2.66. The van der Waals surface area contributed by atoms with Gasteiger partial charge in [-0.3, -0.25) is 5.32 Å². The van der Waals surface area contributed by atoms with Crippen LogP contribution in [-0.2, 0) is 14.9 Å². The molecule has 1 amide bonds. The molecule has 0 aromatic heterocycles. The van der Waals surface area contributed by atoms with E-state index in [-0.39, 0.29) is 15.8 Å². The Balaban J connectivity index is 1.77. The summed E-state index contributed by atoms with van der Waals surface area (Å²) >= 11 is 1.11. The minimum Gasteiger partial charge on any atom is -0.449 e. The highest BCUT2D eigenvalue weighted by Gasteiger charge is 2.19. The minimum atomic E-state index is -3.95. The highest BCUT2D eigenvalue weighted by Crippen LogP contribution is 2.36. The van der Waals surface area contributed by atoms with Crippen molar-refractivity contribution in [2.45, 2.75) is 18.2 Å². The van der Waals surface area contributed by atoms with Crippen molar-refractivity contribution < 1.29 is 22.1 Å². The quantitative estimate of drug-likeness (QED) is 0.575. The summed E-state index contributed by atoms with van der Waals surface area (Å²) in [5.41, 5.74) is 1.09. The Kier molecular flexibility index (Phi) is 5.87. The number of benzene rings is 2. The minimum absolute atomic E-state index is 0.0564. The fraction of sp³-hybridized carbons (Fsp3) is 0.176. The number of hydrogen-bond acceptors (Lipinski definition) is 8. The highest BCUT2D eigenvalue weighted by atomic mass is 32.2. The van der Waals surface area contributed by atoms with Gasteiger partial charge in [0.25, 0.3) is 0 Å². The zero-order chi connectivity index (χ0) is 19.3. The van der Waals surface area contributed by atoms with Crippen molar-refractivity contribution in [1.29, 1.82) is 0 Å². The van der Waals surface area contributed by atoms with Crippen molar-refractivity contribution in [2.75, 3.05) is 11.3 Å². The first-order chi connectivity index (χ1) is 13.0. The molecule has 1 aliphatic rings. The first-order valence-electron chi connectivity index (χ1n) is 8.07. The van der Waals surface area contributed by atoms with Crippen LogP contribution in [0.3, 0.4) is 0 Å². The van der Waals surface area contributed by atoms with Crippen LogP contribution in [0.4, 0.5) is 16.2 Å². The zero-order valence-corrected chi connectivity index (χ0v) is 16.0. The topological polar surface area (TPSA) is 106 Å². The molecule has 1 aliphatic heterocycles. The van der Waals surface area contributed by atoms with Gasteiger partial charge in [0.2, 0.25) is 0 Å². The van der Waals surface area contributed by atoms with Crippen molar-refractivity contribution in [3.8, 4) is 5.75 Å². The lowest BCUT2D eigenvalue weighted by atomic mass is 10.2. The van der Waals surface area contributed by atoms with E-state index in [4.69, 9.17) is 8.92 Å². The molecule has 0 bridgehead atoms. The first-order valence-corrected chi connectivity index (χ1v) is 10.3. The molecule has 0 aliphatic carbocycles. The van der Waals surface area contributed by atoms with E-state index in [2.05, 4.69) is 15.0 Å². The molecule has 0 saturated carbocycles. The van der Waals surface area contributed by atoms with Crippen molar-refractivity contribution in [1.82, 2.24) is 5.32 Å². The van der Waals surface area contributed by atoms with Gasteiger partial charge in [0, 0.05) is 18.0 Å². The van der Waals surface area contributed by atoms with Gasteiger partial charge in [0.05, 0.1) is 18.0 Å². The van der Waals surface area contributed by atoms with Crippen LogP contribution in [0.15, 0.2) is 58.4 Å². The van der Waals surface area contributed by atoms with Gasteiger partial charge in [-0.05, 0) is 30.7 Å². The Labute approximate surface area is 161 Å². The third kappa shape index (κ3) is 4.92. The zero-order valence-electron chi connectivity index (χ0n) is 14.3. The SMILES string of the molecule is CCCOC(=O)NC1=Nc2cc(OS(=O)(=O)c3ccccc3)ccc2NS1. The number of nitrogens with one attached hydrogen (secondary N) is 2. The number of carbonyl (C=O) groups is 1. The molecule has 2 aromatic carbocycles. The number of aliphatic imine (C=N–C) groups is 1. The number of nitrogens with zero attached hydrogens (tertiary/aromatic N) is 1. The Hall–Kier alpha value is -2.72. The Morgan fingerprint density at radius 2 is 2.00 bits per heavy atom. The number of amidine groups is 1. The van der Waals surface area contributed by atoms with E-state index in [0.717, 1.165) is 11.9 Å². The van der Waals surface area contributed by atoms with E-state index in [1.165, 1.54) is 24.3 Å². The van der Waals surface area contributed by atoms with E-state index in [0.29, 0.717) is 24.4 Å². The standard InChI is InChI=1S/C17H17N3O5S2/c1-2-10-24-17(21)19-16-18-15-11-12(8-9-14(15)20-26-16)25-27(22,23)13-6-4-3-5-7-13/h3-9,11,20H,2,10H2,1H3,(H,18,19,21). The van der Waals surface area contributed by atoms with Crippen LogP contribution in [0.5, 0.6) is 5.75 Å². The molecule has 0 saturated heterocycles. The second kappa shape index (κ2) is 8.31. The van der Waals surface area contributed by atoms with Crippen LogP contribution in [0, 0.1) is 0 Å². The number of ether oxygens (including phenoxy) is 1. The molecule has 10 heteroatoms. The van der Waals surface area contributed by atoms with Crippen LogP contribution < -0.4 is 14.2 Å². The number of amides is 1. The molecule has 0 unspecified atom stereocenters. The summed E-state index contributed by atoms with van der Waals surface area (Å²) < 4.78 is 37.8. The van der Waals surface area contributed by atoms with Crippen LogP contribution in [0.25, 0.3) is 0 Å². The van der Waals surface area contributed by atoms with Gasteiger partial charge in [0.1, 0.15) is 10.6 Å². The Bertz CT molecular complexity index is 962. The summed E-state index contributed by atoms with van der Waals surface area (Å²) in [6.45, 7) is 2.20. The maximum Gasteiger partial charge on any atom is 0.413 e. The summed E-state index contributed by atoms with van der Waals surface area (Å²) in [5.74, 6) is 0.114. The monoisotopic (exact) mass is 407 g/mol. The lowest BCUT2D eigenvalue weighted by molar-refractivity contribution is 0.152. The van der Waals surface area contributed by atoms with Crippen molar-refractivity contribution >= 4 is 44.7 Å². The largest absolute Gasteiger partial charge is 0.449 e. The lowest BCUT2D eigenvalue weighted by Gasteiger charge is -2.17. The predicted molar refractivity (Wildman–Crippen MR) is 104 cm³/mol. The summed E-state index contributed by atoms with van der Waals surface area (Å²) in [4.78, 5) is 16.0. The highest BCUT2D eigenvalue weighted by molar-refractivity contribution is 8.15. The molecule has 0 fully saturated rings. The summed E-state index contributed by atoms with van der Waals surface area (Å²) in [6, 6.07) is 12.5. The van der Waals surface area contributed by atoms with Crippen molar-refractivity contribution in [3.05, 3.63) is 48.5 Å². The van der Waals surface area contributed by atoms with Gasteiger partial charge in [-0.2, -0.15) is 8.42 Å². The number of anilines is 1. The van der Waals surface area contributed by atoms with E-state index in [9.17, 15) is 13.2 Å². The molecule has 3 rings (SSSR count). The summed E-state index contributed by atoms with van der Waals surface area (Å²) in [7, 11) is -3.95. The fourth-order valence-corrected chi connectivity index (χ4v) is 3.71. The Morgan fingerprint density at radius 3 is 2.74 bits per heavy atom. The van der Waals surface area contributed by atoms with Crippen LogP contribution >= 0.6 is 11.9 Å². The van der Waals surface area contributed by atoms with Gasteiger partial charge >= 0.3 is 16.2 Å². The van der Waals surface area contributed by atoms with Gasteiger partial charge in [0.15, 0.2) is 5.17 Å². The van der Waals surface area contributed by atoms with Crippen molar-refractivity contribution in [3.63, 3.8) is 0 Å². The molecular formula is C17H17N3O5S2. The number of fused-ring (bicyclic) bond motifs is 1. The van der Waals surface area contributed by atoms with E-state index in [1.807, 2.05) is 6.92 Å². The van der Waals surface area contributed by atoms with E-state index < -0.39 is 16.2 Å². The van der Waals surface area contributed by atoms with Crippen LogP contribution in [-0.4, -0.2) is 26.3 Å². The molecule has 8 nitrogen and oxygen atoms in total. The molecular weight excluding hydrogens is 390 g/mol. The predicted octanol–water partition coefficient (Wildman–Crippen LogP) is 3.65. The van der Waals surface area contributed by atoms with E-state index in [1.54, 1.807) is 24.3 Å². The molecule has 0 radical (unpaired) electrons. The van der Waals surface area contributed by atoms with Crippen LogP contribution in [0.2, 0.25) is 0 Å². The summed E-state index contributed by atoms with van der Waals surface area (Å²) in [5, 5.41) is 2.80. The Morgan fingerprint density at radius 1 is 1.22 bits per heavy atom. The van der Waals surface area contributed by atoms with E-state index >= 15 is 0 Å². The molecule has 142 valence electrons. The number of alkyl carbamates (subject to hydrolysis) is 1. The third-order valence-electron chi connectivity index (χ3n) is 3.33. The van der Waals surface area contributed by atoms with Gasteiger partial charge in [-0.1, -0.05) is 25.1 Å². The average molecular weight is 407 g/mol. The van der Waals surface area contributed by atoms with Gasteiger partial charge in [-0.25, -0.2) is 9.79 Å². The second-order valence-corrected chi connectivity index (χ2v) is 7.75.